The van der Waals surface area contributed by atoms with Crippen molar-refractivity contribution >= 4 is 0 Å². The van der Waals surface area contributed by atoms with Crippen molar-refractivity contribution in [1.29, 1.82) is 0 Å². The van der Waals surface area contributed by atoms with Gasteiger partial charge in [0.15, 0.2) is 11.5 Å². The van der Waals surface area contributed by atoms with Crippen molar-refractivity contribution in [3.8, 4) is 22.9 Å². The highest BCUT2D eigenvalue weighted by atomic mass is 16.5. The normalized spacial score (nSPS) is 14.0. The van der Waals surface area contributed by atoms with E-state index in [0.717, 1.165) is 23.4 Å². The van der Waals surface area contributed by atoms with Gasteiger partial charge in [-0.25, -0.2) is 4.98 Å². The van der Waals surface area contributed by atoms with Crippen LogP contribution in [0.4, 0.5) is 0 Å². The predicted molar refractivity (Wildman–Crippen MR) is 101 cm³/mol. The minimum atomic E-state index is -0.105. The zero-order chi connectivity index (χ0) is 18.8. The smallest absolute Gasteiger partial charge is 0.255 e. The molecule has 2 N–H and O–H groups in total. The summed E-state index contributed by atoms with van der Waals surface area (Å²) in [4.78, 5) is 26.4. The summed E-state index contributed by atoms with van der Waals surface area (Å²) in [5, 5.41) is 9.73. The third-order valence-corrected chi connectivity index (χ3v) is 4.73. The molecule has 0 radical (unpaired) electrons. The van der Waals surface area contributed by atoms with Crippen LogP contribution in [-0.4, -0.2) is 38.6 Å². The molecule has 1 aliphatic rings. The highest BCUT2D eigenvalue weighted by Gasteiger charge is 2.22. The second kappa shape index (κ2) is 7.20. The molecule has 3 aromatic rings. The highest BCUT2D eigenvalue weighted by Crippen LogP contribution is 2.27. The SMILES string of the molecule is COc1cc(CN2CCc3nc(-c4cccnc4)[nH]c(=O)c3C2)ccc1O. The predicted octanol–water partition coefficient (Wildman–Crippen LogP) is 2.10. The minimum absolute atomic E-state index is 0.105. The number of aromatic amines is 1. The molecule has 1 aromatic carbocycles. The van der Waals surface area contributed by atoms with Crippen molar-refractivity contribution in [3.05, 3.63) is 69.9 Å². The number of H-pyrrole nitrogens is 1. The number of pyridine rings is 1. The maximum absolute atomic E-state index is 12.6. The van der Waals surface area contributed by atoms with Crippen LogP contribution in [0.1, 0.15) is 16.8 Å². The van der Waals surface area contributed by atoms with Crippen molar-refractivity contribution in [2.45, 2.75) is 19.5 Å². The second-order valence-electron chi connectivity index (χ2n) is 6.55. The quantitative estimate of drug-likeness (QED) is 0.737. The molecule has 0 spiro atoms. The number of phenols is 1. The van der Waals surface area contributed by atoms with Gasteiger partial charge in [0.2, 0.25) is 0 Å². The number of aromatic hydroxyl groups is 1. The molecule has 0 saturated carbocycles. The maximum Gasteiger partial charge on any atom is 0.255 e. The van der Waals surface area contributed by atoms with E-state index in [1.807, 2.05) is 24.3 Å². The third-order valence-electron chi connectivity index (χ3n) is 4.73. The number of rotatable bonds is 4. The molecule has 7 nitrogen and oxygen atoms in total. The van der Waals surface area contributed by atoms with E-state index in [-0.39, 0.29) is 11.3 Å². The summed E-state index contributed by atoms with van der Waals surface area (Å²) in [6.07, 6.45) is 4.09. The molecule has 3 heterocycles. The van der Waals surface area contributed by atoms with Crippen LogP contribution in [0.15, 0.2) is 47.5 Å². The fraction of sp³-hybridized carbons (Fsp3) is 0.250. The molecular formula is C20H20N4O3. The van der Waals surface area contributed by atoms with Gasteiger partial charge in [-0.1, -0.05) is 6.07 Å². The second-order valence-corrected chi connectivity index (χ2v) is 6.55. The van der Waals surface area contributed by atoms with Gasteiger partial charge in [-0.15, -0.1) is 0 Å². The van der Waals surface area contributed by atoms with Crippen LogP contribution in [0.2, 0.25) is 0 Å². The van der Waals surface area contributed by atoms with Crippen LogP contribution < -0.4 is 10.3 Å². The number of ether oxygens (including phenoxy) is 1. The Kier molecular flexibility index (Phi) is 4.60. The van der Waals surface area contributed by atoms with E-state index in [2.05, 4.69) is 19.9 Å². The summed E-state index contributed by atoms with van der Waals surface area (Å²) in [7, 11) is 1.53. The van der Waals surface area contributed by atoms with E-state index in [0.29, 0.717) is 36.6 Å². The van der Waals surface area contributed by atoms with Gasteiger partial charge in [-0.2, -0.15) is 0 Å². The largest absolute Gasteiger partial charge is 0.504 e. The first kappa shape index (κ1) is 17.2. The van der Waals surface area contributed by atoms with Crippen molar-refractivity contribution < 1.29 is 9.84 Å². The Morgan fingerprint density at radius 3 is 3.00 bits per heavy atom. The summed E-state index contributed by atoms with van der Waals surface area (Å²) >= 11 is 0. The average Bonchev–Trinajstić information content (AvgIpc) is 2.70. The Hall–Kier alpha value is -3.19. The number of benzene rings is 1. The fourth-order valence-electron chi connectivity index (χ4n) is 3.33. The van der Waals surface area contributed by atoms with Gasteiger partial charge in [0, 0.05) is 44.0 Å². The molecule has 138 valence electrons. The van der Waals surface area contributed by atoms with Gasteiger partial charge in [-0.05, 0) is 29.8 Å². The van der Waals surface area contributed by atoms with E-state index in [9.17, 15) is 9.90 Å². The summed E-state index contributed by atoms with van der Waals surface area (Å²) in [5.74, 6) is 1.13. The molecule has 0 aliphatic carbocycles. The van der Waals surface area contributed by atoms with Gasteiger partial charge in [0.1, 0.15) is 5.82 Å². The summed E-state index contributed by atoms with van der Waals surface area (Å²) in [6.45, 7) is 2.01. The molecule has 1 aliphatic heterocycles. The molecule has 0 saturated heterocycles. The van der Waals surface area contributed by atoms with E-state index in [1.54, 1.807) is 18.5 Å². The van der Waals surface area contributed by atoms with E-state index < -0.39 is 0 Å². The number of phenolic OH excluding ortho intramolecular Hbond substituents is 1. The molecule has 0 bridgehead atoms. The minimum Gasteiger partial charge on any atom is -0.504 e. The number of methoxy groups -OCH3 is 1. The third kappa shape index (κ3) is 3.54. The number of hydrogen-bond acceptors (Lipinski definition) is 6. The molecule has 0 atom stereocenters. The van der Waals surface area contributed by atoms with Crippen LogP contribution in [0.25, 0.3) is 11.4 Å². The van der Waals surface area contributed by atoms with Gasteiger partial charge >= 0.3 is 0 Å². The summed E-state index contributed by atoms with van der Waals surface area (Å²) < 4.78 is 5.17. The summed E-state index contributed by atoms with van der Waals surface area (Å²) in [5.41, 5.74) is 3.27. The number of fused-ring (bicyclic) bond motifs is 1. The van der Waals surface area contributed by atoms with Crippen molar-refractivity contribution in [1.82, 2.24) is 19.9 Å². The van der Waals surface area contributed by atoms with Crippen LogP contribution in [0.3, 0.4) is 0 Å². The first-order chi connectivity index (χ1) is 13.1. The van der Waals surface area contributed by atoms with Crippen molar-refractivity contribution in [3.63, 3.8) is 0 Å². The lowest BCUT2D eigenvalue weighted by Gasteiger charge is -2.27. The Morgan fingerprint density at radius 1 is 1.33 bits per heavy atom. The molecule has 0 fully saturated rings. The van der Waals surface area contributed by atoms with Crippen LogP contribution >= 0.6 is 0 Å². The topological polar surface area (TPSA) is 91.3 Å². The Labute approximate surface area is 156 Å². The van der Waals surface area contributed by atoms with Gasteiger partial charge in [0.05, 0.1) is 18.4 Å². The molecule has 2 aromatic heterocycles. The van der Waals surface area contributed by atoms with E-state index in [4.69, 9.17) is 4.74 Å². The molecule has 0 amide bonds. The van der Waals surface area contributed by atoms with Gasteiger partial charge < -0.3 is 14.8 Å². The van der Waals surface area contributed by atoms with Crippen LogP contribution in [0, 0.1) is 0 Å². The Morgan fingerprint density at radius 2 is 2.22 bits per heavy atom. The molecule has 7 heteroatoms. The Balaban J connectivity index is 1.56. The average molecular weight is 364 g/mol. The van der Waals surface area contributed by atoms with Crippen LogP contribution in [0.5, 0.6) is 11.5 Å². The zero-order valence-corrected chi connectivity index (χ0v) is 15.0. The van der Waals surface area contributed by atoms with Gasteiger partial charge in [-0.3, -0.25) is 14.7 Å². The number of hydrogen-bond donors (Lipinski definition) is 2. The standard InChI is InChI=1S/C20H20N4O3/c1-27-18-9-13(4-5-17(18)25)11-24-8-6-16-15(12-24)20(26)23-19(22-16)14-3-2-7-21-10-14/h2-5,7,9-10,25H,6,8,11-12H2,1H3,(H,22,23,26). The molecular weight excluding hydrogens is 344 g/mol. The maximum atomic E-state index is 12.6. The number of nitrogens with zero attached hydrogens (tertiary/aromatic N) is 3. The first-order valence-electron chi connectivity index (χ1n) is 8.75. The summed E-state index contributed by atoms with van der Waals surface area (Å²) in [6, 6.07) is 9.01. The fourth-order valence-corrected chi connectivity index (χ4v) is 3.33. The first-order valence-corrected chi connectivity index (χ1v) is 8.75. The van der Waals surface area contributed by atoms with Gasteiger partial charge in [0.25, 0.3) is 5.56 Å². The monoisotopic (exact) mass is 364 g/mol. The van der Waals surface area contributed by atoms with Crippen molar-refractivity contribution in [2.75, 3.05) is 13.7 Å². The van der Waals surface area contributed by atoms with E-state index in [1.165, 1.54) is 7.11 Å². The lowest BCUT2D eigenvalue weighted by atomic mass is 10.1. The number of nitrogens with one attached hydrogen (secondary N) is 1. The van der Waals surface area contributed by atoms with E-state index >= 15 is 0 Å². The van der Waals surface area contributed by atoms with Crippen LogP contribution in [-0.2, 0) is 19.5 Å². The lowest BCUT2D eigenvalue weighted by Crippen LogP contribution is -2.35. The van der Waals surface area contributed by atoms with Crippen molar-refractivity contribution in [2.24, 2.45) is 0 Å². The molecule has 0 unspecified atom stereocenters. The zero-order valence-electron chi connectivity index (χ0n) is 15.0. The molecule has 4 rings (SSSR count). The molecule has 27 heavy (non-hydrogen) atoms. The highest BCUT2D eigenvalue weighted by molar-refractivity contribution is 5.53. The lowest BCUT2D eigenvalue weighted by molar-refractivity contribution is 0.241. The Bertz CT molecular complexity index is 1020. The number of aromatic nitrogens is 3.